The molecule has 1 fully saturated rings. The number of nitrogens with zero attached hydrogens (tertiary/aromatic N) is 2. The van der Waals surface area contributed by atoms with E-state index in [1.54, 1.807) is 4.57 Å². The molecule has 31 heavy (non-hydrogen) atoms. The van der Waals surface area contributed by atoms with Crippen molar-refractivity contribution in [3.8, 4) is 0 Å². The minimum atomic E-state index is -0.0855. The highest BCUT2D eigenvalue weighted by Crippen LogP contribution is 2.21. The first-order chi connectivity index (χ1) is 15.0. The van der Waals surface area contributed by atoms with E-state index in [0.717, 1.165) is 54.9 Å². The first-order valence-electron chi connectivity index (χ1n) is 10.8. The molecule has 0 saturated carbocycles. The van der Waals surface area contributed by atoms with Crippen LogP contribution in [0, 0.1) is 13.8 Å². The molecule has 1 aromatic heterocycles. The zero-order valence-electron chi connectivity index (χ0n) is 18.2. The molecular weight excluding hydrogens is 390 g/mol. The van der Waals surface area contributed by atoms with Crippen LogP contribution in [0.5, 0.6) is 0 Å². The van der Waals surface area contributed by atoms with Gasteiger partial charge in [0, 0.05) is 48.8 Å². The van der Waals surface area contributed by atoms with Gasteiger partial charge in [0.2, 0.25) is 5.91 Å². The summed E-state index contributed by atoms with van der Waals surface area (Å²) in [5.41, 5.74) is 3.89. The number of nitrogens with one attached hydrogen (secondary N) is 1. The summed E-state index contributed by atoms with van der Waals surface area (Å²) in [5.74, 6) is -0.0855. The van der Waals surface area contributed by atoms with E-state index in [1.165, 1.54) is 0 Å². The summed E-state index contributed by atoms with van der Waals surface area (Å²) >= 11 is 0. The Balaban J connectivity index is 1.51. The van der Waals surface area contributed by atoms with Crippen LogP contribution in [0.15, 0.2) is 53.5 Å². The van der Waals surface area contributed by atoms with Crippen molar-refractivity contribution in [2.45, 2.75) is 26.8 Å². The fraction of sp³-hybridized carbons (Fsp3) is 0.360. The molecule has 2 heterocycles. The zero-order valence-corrected chi connectivity index (χ0v) is 18.2. The number of rotatable bonds is 6. The highest BCUT2D eigenvalue weighted by atomic mass is 16.5. The second-order valence-electron chi connectivity index (χ2n) is 8.19. The molecule has 0 spiro atoms. The topological polar surface area (TPSA) is 63.6 Å². The molecule has 162 valence electrons. The third kappa shape index (κ3) is 5.03. The largest absolute Gasteiger partial charge is 0.379 e. The van der Waals surface area contributed by atoms with Crippen LogP contribution in [0.25, 0.3) is 10.8 Å². The second kappa shape index (κ2) is 9.45. The van der Waals surface area contributed by atoms with E-state index in [-0.39, 0.29) is 11.5 Å². The predicted molar refractivity (Wildman–Crippen MR) is 124 cm³/mol. The van der Waals surface area contributed by atoms with Gasteiger partial charge in [0.05, 0.1) is 19.6 Å². The SMILES string of the molecule is Cc1ccc(C)c(CC(=O)Nc2cccc3c(=O)n(CCN4CCOCC4)ccc23)c1. The summed E-state index contributed by atoms with van der Waals surface area (Å²) < 4.78 is 7.13. The third-order valence-electron chi connectivity index (χ3n) is 5.91. The van der Waals surface area contributed by atoms with Crippen molar-refractivity contribution < 1.29 is 9.53 Å². The Kier molecular flexibility index (Phi) is 6.49. The van der Waals surface area contributed by atoms with Crippen LogP contribution in [-0.4, -0.2) is 48.2 Å². The smallest absolute Gasteiger partial charge is 0.258 e. The number of anilines is 1. The highest BCUT2D eigenvalue weighted by molar-refractivity contribution is 6.02. The van der Waals surface area contributed by atoms with Crippen molar-refractivity contribution in [2.24, 2.45) is 0 Å². The number of ether oxygens (including phenoxy) is 1. The maximum absolute atomic E-state index is 13.0. The van der Waals surface area contributed by atoms with Crippen LogP contribution in [-0.2, 0) is 22.5 Å². The van der Waals surface area contributed by atoms with Crippen LogP contribution >= 0.6 is 0 Å². The number of hydrogen-bond donors (Lipinski definition) is 1. The lowest BCUT2D eigenvalue weighted by molar-refractivity contribution is -0.115. The average Bonchev–Trinajstić information content (AvgIpc) is 2.77. The molecular formula is C25H29N3O3. The number of aryl methyl sites for hydroxylation is 2. The van der Waals surface area contributed by atoms with Gasteiger partial charge in [0.25, 0.3) is 5.56 Å². The fourth-order valence-electron chi connectivity index (χ4n) is 4.04. The molecule has 3 aromatic rings. The Morgan fingerprint density at radius 1 is 1.03 bits per heavy atom. The fourth-order valence-corrected chi connectivity index (χ4v) is 4.04. The van der Waals surface area contributed by atoms with E-state index in [1.807, 2.05) is 62.5 Å². The molecule has 1 amide bonds. The van der Waals surface area contributed by atoms with E-state index in [2.05, 4.69) is 10.2 Å². The van der Waals surface area contributed by atoms with E-state index in [4.69, 9.17) is 4.74 Å². The number of carbonyl (C=O) groups excluding carboxylic acids is 1. The molecule has 1 saturated heterocycles. The Bertz CT molecular complexity index is 1150. The minimum absolute atomic E-state index is 0.0311. The molecule has 0 radical (unpaired) electrons. The van der Waals surface area contributed by atoms with E-state index in [9.17, 15) is 9.59 Å². The van der Waals surface area contributed by atoms with Crippen LogP contribution < -0.4 is 10.9 Å². The molecule has 6 nitrogen and oxygen atoms in total. The number of hydrogen-bond acceptors (Lipinski definition) is 4. The van der Waals surface area contributed by atoms with Gasteiger partial charge in [0.15, 0.2) is 0 Å². The highest BCUT2D eigenvalue weighted by Gasteiger charge is 2.13. The van der Waals surface area contributed by atoms with Crippen LogP contribution in [0.2, 0.25) is 0 Å². The summed E-state index contributed by atoms with van der Waals surface area (Å²) in [4.78, 5) is 28.0. The Labute approximate surface area is 182 Å². The van der Waals surface area contributed by atoms with Crippen LogP contribution in [0.4, 0.5) is 5.69 Å². The van der Waals surface area contributed by atoms with Crippen molar-refractivity contribution in [3.05, 3.63) is 75.7 Å². The Morgan fingerprint density at radius 3 is 2.65 bits per heavy atom. The quantitative estimate of drug-likeness (QED) is 0.667. The molecule has 1 N–H and O–H groups in total. The normalized spacial score (nSPS) is 14.6. The summed E-state index contributed by atoms with van der Waals surface area (Å²) in [6.45, 7) is 8.79. The van der Waals surface area contributed by atoms with E-state index >= 15 is 0 Å². The number of aromatic nitrogens is 1. The van der Waals surface area contributed by atoms with Crippen LogP contribution in [0.1, 0.15) is 16.7 Å². The molecule has 4 rings (SSSR count). The second-order valence-corrected chi connectivity index (χ2v) is 8.19. The zero-order chi connectivity index (χ0) is 21.8. The third-order valence-corrected chi connectivity index (χ3v) is 5.91. The van der Waals surface area contributed by atoms with Gasteiger partial charge in [-0.3, -0.25) is 14.5 Å². The summed E-state index contributed by atoms with van der Waals surface area (Å²) in [6, 6.07) is 13.5. The van der Waals surface area contributed by atoms with Crippen molar-refractivity contribution in [1.29, 1.82) is 0 Å². The molecule has 6 heteroatoms. The molecule has 0 aliphatic carbocycles. The molecule has 0 atom stereocenters. The molecule has 0 unspecified atom stereocenters. The van der Waals surface area contributed by atoms with Crippen molar-refractivity contribution in [3.63, 3.8) is 0 Å². The molecule has 0 bridgehead atoms. The summed E-state index contributed by atoms with van der Waals surface area (Å²) in [7, 11) is 0. The van der Waals surface area contributed by atoms with E-state index in [0.29, 0.717) is 24.0 Å². The van der Waals surface area contributed by atoms with Crippen molar-refractivity contribution >= 4 is 22.4 Å². The van der Waals surface area contributed by atoms with Crippen molar-refractivity contribution in [2.75, 3.05) is 38.2 Å². The standard InChI is InChI=1S/C25H29N3O3/c1-18-6-7-19(2)20(16-18)17-24(29)26-23-5-3-4-22-21(23)8-9-28(25(22)30)11-10-27-12-14-31-15-13-27/h3-9,16H,10-15,17H2,1-2H3,(H,26,29). The Hall–Kier alpha value is -2.96. The monoisotopic (exact) mass is 419 g/mol. The van der Waals surface area contributed by atoms with Crippen molar-refractivity contribution in [1.82, 2.24) is 9.47 Å². The predicted octanol–water partition coefficient (Wildman–Crippen LogP) is 3.13. The van der Waals surface area contributed by atoms with Gasteiger partial charge in [0.1, 0.15) is 0 Å². The molecule has 1 aliphatic rings. The molecule has 2 aromatic carbocycles. The van der Waals surface area contributed by atoms with Gasteiger partial charge < -0.3 is 14.6 Å². The lowest BCUT2D eigenvalue weighted by atomic mass is 10.0. The number of amides is 1. The molecule has 1 aliphatic heterocycles. The number of morpholine rings is 1. The maximum atomic E-state index is 13.0. The number of pyridine rings is 1. The first-order valence-corrected chi connectivity index (χ1v) is 10.8. The summed E-state index contributed by atoms with van der Waals surface area (Å²) in [6.07, 6.45) is 2.13. The van der Waals surface area contributed by atoms with Gasteiger partial charge >= 0.3 is 0 Å². The number of carbonyl (C=O) groups is 1. The summed E-state index contributed by atoms with van der Waals surface area (Å²) in [5, 5.41) is 4.39. The van der Waals surface area contributed by atoms with E-state index < -0.39 is 0 Å². The first kappa shape index (κ1) is 21.3. The minimum Gasteiger partial charge on any atom is -0.379 e. The van der Waals surface area contributed by atoms with Gasteiger partial charge in [-0.25, -0.2) is 0 Å². The average molecular weight is 420 g/mol. The Morgan fingerprint density at radius 2 is 1.84 bits per heavy atom. The van der Waals surface area contributed by atoms with Gasteiger partial charge in [-0.2, -0.15) is 0 Å². The number of benzene rings is 2. The van der Waals surface area contributed by atoms with Gasteiger partial charge in [-0.05, 0) is 43.2 Å². The maximum Gasteiger partial charge on any atom is 0.258 e. The lowest BCUT2D eigenvalue weighted by Crippen LogP contribution is -2.39. The van der Waals surface area contributed by atoms with Gasteiger partial charge in [-0.1, -0.05) is 29.8 Å². The van der Waals surface area contributed by atoms with Crippen LogP contribution in [0.3, 0.4) is 0 Å². The number of fused-ring (bicyclic) bond motifs is 1. The lowest BCUT2D eigenvalue weighted by Gasteiger charge is -2.26. The van der Waals surface area contributed by atoms with Gasteiger partial charge in [-0.15, -0.1) is 0 Å².